The maximum Gasteiger partial charge on any atom is 0.328 e. The van der Waals surface area contributed by atoms with E-state index in [9.17, 15) is 18.8 Å². The molecule has 1 saturated carbocycles. The summed E-state index contributed by atoms with van der Waals surface area (Å²) in [5.41, 5.74) is 9.10. The Labute approximate surface area is 307 Å². The fourth-order valence-electron chi connectivity index (χ4n) is 6.98. The molecule has 0 unspecified atom stereocenters. The van der Waals surface area contributed by atoms with Crippen molar-refractivity contribution in [1.82, 2.24) is 25.0 Å². The summed E-state index contributed by atoms with van der Waals surface area (Å²) in [6, 6.07) is 16.7. The standard InChI is InChI=1S/C40H44FN7O5/c1-4-37(49)47(40(51)43-5-2)33-22-31-25(21-36(33)52-28-15-17-46(18-16-28)26-9-8-10-26)20-32(45-31)38(50)29-23-44-48(39(29)42)27-13-14-34(24(3)19-27)53-35-12-7-6-11-30(35)41/h6-7,11-14,19-23,26,28,45H,4-5,8-10,15-18,42H2,1-3H3,(H,43,51). The summed E-state index contributed by atoms with van der Waals surface area (Å²) in [6.07, 6.45) is 6.86. The molecule has 0 spiro atoms. The van der Waals surface area contributed by atoms with Crippen LogP contribution in [0.1, 0.15) is 74.0 Å². The van der Waals surface area contributed by atoms with Crippen LogP contribution < -0.4 is 25.4 Å². The van der Waals surface area contributed by atoms with E-state index < -0.39 is 17.6 Å². The number of nitrogens with two attached hydrogens (primary N) is 1. The molecule has 3 aromatic carbocycles. The van der Waals surface area contributed by atoms with E-state index in [2.05, 4.69) is 20.3 Å². The average Bonchev–Trinajstić information content (AvgIpc) is 3.73. The molecule has 13 heteroatoms. The molecule has 1 aliphatic heterocycles. The minimum Gasteiger partial charge on any atom is -0.488 e. The predicted octanol–water partition coefficient (Wildman–Crippen LogP) is 7.27. The van der Waals surface area contributed by atoms with Gasteiger partial charge in [-0.15, -0.1) is 0 Å². The van der Waals surface area contributed by atoms with Gasteiger partial charge in [0.25, 0.3) is 0 Å². The lowest BCUT2D eigenvalue weighted by Crippen LogP contribution is -2.47. The van der Waals surface area contributed by atoms with Crippen LogP contribution >= 0.6 is 0 Å². The number of hydrogen-bond acceptors (Lipinski definition) is 8. The summed E-state index contributed by atoms with van der Waals surface area (Å²) in [7, 11) is 0. The molecular weight excluding hydrogens is 677 g/mol. The topological polar surface area (TPSA) is 148 Å². The number of piperidine rings is 1. The molecule has 7 rings (SSSR count). The number of aromatic amines is 1. The van der Waals surface area contributed by atoms with E-state index in [0.717, 1.165) is 30.8 Å². The highest BCUT2D eigenvalue weighted by Gasteiger charge is 2.32. The molecule has 2 aromatic heterocycles. The maximum absolute atomic E-state index is 14.2. The maximum atomic E-state index is 14.2. The summed E-state index contributed by atoms with van der Waals surface area (Å²) in [6.45, 7) is 7.52. The summed E-state index contributed by atoms with van der Waals surface area (Å²) >= 11 is 0. The Balaban J connectivity index is 1.17. The number of carbonyl (C=O) groups excluding carboxylic acids is 3. The Bertz CT molecular complexity index is 2170. The van der Waals surface area contributed by atoms with Crippen molar-refractivity contribution in [1.29, 1.82) is 0 Å². The molecule has 53 heavy (non-hydrogen) atoms. The number of halogens is 1. The van der Waals surface area contributed by atoms with Gasteiger partial charge >= 0.3 is 6.03 Å². The van der Waals surface area contributed by atoms with Crippen molar-refractivity contribution in [3.05, 3.63) is 89.5 Å². The first-order valence-corrected chi connectivity index (χ1v) is 18.2. The number of ether oxygens (including phenoxy) is 2. The zero-order chi connectivity index (χ0) is 37.2. The van der Waals surface area contributed by atoms with Gasteiger partial charge in [0.2, 0.25) is 11.7 Å². The normalized spacial score (nSPS) is 15.2. The van der Waals surface area contributed by atoms with Gasteiger partial charge in [0, 0.05) is 43.0 Å². The summed E-state index contributed by atoms with van der Waals surface area (Å²) in [4.78, 5) is 47.3. The highest BCUT2D eigenvalue weighted by Crippen LogP contribution is 2.38. The lowest BCUT2D eigenvalue weighted by molar-refractivity contribution is -0.117. The number of imide groups is 1. The molecule has 5 aromatic rings. The third-order valence-corrected chi connectivity index (χ3v) is 10.1. The zero-order valence-corrected chi connectivity index (χ0v) is 30.2. The molecule has 276 valence electrons. The van der Waals surface area contributed by atoms with Gasteiger partial charge in [0.05, 0.1) is 28.8 Å². The summed E-state index contributed by atoms with van der Waals surface area (Å²) in [5.74, 6) is -0.144. The number of rotatable bonds is 11. The van der Waals surface area contributed by atoms with Crippen molar-refractivity contribution >= 4 is 40.1 Å². The number of nitrogens with zero attached hydrogens (tertiary/aromatic N) is 4. The van der Waals surface area contributed by atoms with Crippen LogP contribution in [0.15, 0.2) is 66.9 Å². The van der Waals surface area contributed by atoms with Gasteiger partial charge in [-0.05, 0) is 93.6 Å². The second-order valence-electron chi connectivity index (χ2n) is 13.6. The quantitative estimate of drug-likeness (QED) is 0.121. The van der Waals surface area contributed by atoms with Gasteiger partial charge in [-0.1, -0.05) is 25.5 Å². The van der Waals surface area contributed by atoms with Crippen molar-refractivity contribution in [3.63, 3.8) is 0 Å². The highest BCUT2D eigenvalue weighted by atomic mass is 19.1. The molecule has 1 aliphatic carbocycles. The van der Waals surface area contributed by atoms with E-state index in [1.54, 1.807) is 68.4 Å². The van der Waals surface area contributed by atoms with E-state index >= 15 is 0 Å². The number of aryl methyl sites for hydroxylation is 1. The Morgan fingerprint density at radius 2 is 1.77 bits per heavy atom. The molecular formula is C40H44FN7O5. The van der Waals surface area contributed by atoms with Crippen LogP contribution in [0.4, 0.5) is 20.7 Å². The minimum atomic E-state index is -0.548. The first-order valence-electron chi connectivity index (χ1n) is 18.2. The van der Waals surface area contributed by atoms with Crippen LogP contribution in [-0.2, 0) is 4.79 Å². The van der Waals surface area contributed by atoms with Crippen molar-refractivity contribution in [2.24, 2.45) is 0 Å². The highest BCUT2D eigenvalue weighted by molar-refractivity contribution is 6.17. The number of urea groups is 1. The fourth-order valence-corrected chi connectivity index (χ4v) is 6.98. The van der Waals surface area contributed by atoms with Crippen LogP contribution in [-0.4, -0.2) is 69.2 Å². The first kappa shape index (κ1) is 35.7. The predicted molar refractivity (Wildman–Crippen MR) is 201 cm³/mol. The molecule has 3 amide bonds. The Hall–Kier alpha value is -5.69. The number of H-pyrrole nitrogens is 1. The second kappa shape index (κ2) is 15.1. The third kappa shape index (κ3) is 7.21. The number of likely N-dealkylation sites (tertiary alicyclic amines) is 1. The summed E-state index contributed by atoms with van der Waals surface area (Å²) < 4.78 is 28.0. The van der Waals surface area contributed by atoms with Crippen LogP contribution in [0.25, 0.3) is 16.6 Å². The number of hydrogen-bond donors (Lipinski definition) is 3. The number of carbonyl (C=O) groups is 3. The van der Waals surface area contributed by atoms with Gasteiger partial charge in [-0.3, -0.25) is 9.59 Å². The van der Waals surface area contributed by atoms with Gasteiger partial charge < -0.3 is 30.4 Å². The molecule has 0 radical (unpaired) electrons. The molecule has 2 aliphatic rings. The Morgan fingerprint density at radius 3 is 2.45 bits per heavy atom. The van der Waals surface area contributed by atoms with E-state index in [0.29, 0.717) is 51.9 Å². The van der Waals surface area contributed by atoms with Crippen molar-refractivity contribution in [2.45, 2.75) is 71.4 Å². The van der Waals surface area contributed by atoms with Gasteiger partial charge in [0.1, 0.15) is 23.4 Å². The average molecular weight is 722 g/mol. The minimum absolute atomic E-state index is 0.0928. The molecule has 0 atom stereocenters. The third-order valence-electron chi connectivity index (χ3n) is 10.1. The fraction of sp³-hybridized carbons (Fsp3) is 0.350. The second-order valence-corrected chi connectivity index (χ2v) is 13.6. The van der Waals surface area contributed by atoms with Gasteiger partial charge in [-0.25, -0.2) is 18.8 Å². The van der Waals surface area contributed by atoms with E-state index in [4.69, 9.17) is 15.2 Å². The molecule has 2 fully saturated rings. The molecule has 12 nitrogen and oxygen atoms in total. The van der Waals surface area contributed by atoms with Crippen LogP contribution in [0.3, 0.4) is 0 Å². The number of ketones is 1. The van der Waals surface area contributed by atoms with Crippen LogP contribution in [0, 0.1) is 12.7 Å². The lowest BCUT2D eigenvalue weighted by Gasteiger charge is -2.41. The molecule has 1 saturated heterocycles. The number of fused-ring (bicyclic) bond motifs is 1. The lowest BCUT2D eigenvalue weighted by atomic mass is 9.90. The van der Waals surface area contributed by atoms with Crippen molar-refractivity contribution in [3.8, 4) is 22.9 Å². The number of benzene rings is 3. The van der Waals surface area contributed by atoms with E-state index in [1.807, 2.05) is 6.92 Å². The SMILES string of the molecule is CCNC(=O)N(C(=O)CC)c1cc2[nH]c(C(=O)c3cnn(-c4ccc(Oc5ccccc5F)c(C)c4)c3N)cc2cc1OC1CCN(C2CCC2)CC1. The van der Waals surface area contributed by atoms with E-state index in [1.165, 1.54) is 36.2 Å². The number of aromatic nitrogens is 3. The largest absolute Gasteiger partial charge is 0.488 e. The summed E-state index contributed by atoms with van der Waals surface area (Å²) in [5, 5.41) is 7.83. The molecule has 4 N–H and O–H groups in total. The molecule has 3 heterocycles. The Morgan fingerprint density at radius 1 is 1.00 bits per heavy atom. The van der Waals surface area contributed by atoms with Crippen LogP contribution in [0.2, 0.25) is 0 Å². The van der Waals surface area contributed by atoms with Crippen molar-refractivity contribution < 1.29 is 28.2 Å². The number of nitrogens with one attached hydrogen (secondary N) is 2. The van der Waals surface area contributed by atoms with Crippen molar-refractivity contribution in [2.75, 3.05) is 30.3 Å². The smallest absolute Gasteiger partial charge is 0.328 e. The number of anilines is 2. The van der Waals surface area contributed by atoms with Gasteiger partial charge in [-0.2, -0.15) is 5.10 Å². The monoisotopic (exact) mass is 721 g/mol. The number of nitrogen functional groups attached to an aromatic ring is 1. The first-order chi connectivity index (χ1) is 25.6. The van der Waals surface area contributed by atoms with Gasteiger partial charge in [0.15, 0.2) is 11.6 Å². The Kier molecular flexibility index (Phi) is 10.2. The zero-order valence-electron chi connectivity index (χ0n) is 30.2. The van der Waals surface area contributed by atoms with Crippen LogP contribution in [0.5, 0.6) is 17.2 Å². The van der Waals surface area contributed by atoms with E-state index in [-0.39, 0.29) is 41.3 Å². The molecule has 0 bridgehead atoms. The number of para-hydroxylation sites is 1. The number of amides is 3.